The maximum atomic E-state index is 11.9. The molecule has 0 radical (unpaired) electrons. The van der Waals surface area contributed by atoms with Gasteiger partial charge in [0, 0.05) is 30.7 Å². The van der Waals surface area contributed by atoms with Gasteiger partial charge in [-0.2, -0.15) is 11.8 Å². The molecule has 1 aromatic rings. The lowest BCUT2D eigenvalue weighted by atomic mass is 10.2. The molecule has 0 aromatic heterocycles. The van der Waals surface area contributed by atoms with Gasteiger partial charge in [0.05, 0.1) is 0 Å². The Hall–Kier alpha value is -1.49. The molecule has 0 saturated carbocycles. The summed E-state index contributed by atoms with van der Waals surface area (Å²) < 4.78 is 5.24. The summed E-state index contributed by atoms with van der Waals surface area (Å²) in [5, 5.41) is 0. The number of rotatable bonds is 2. The van der Waals surface area contributed by atoms with Gasteiger partial charge in [-0.3, -0.25) is 9.69 Å². The van der Waals surface area contributed by atoms with Crippen molar-refractivity contribution in [2.45, 2.75) is 12.5 Å². The van der Waals surface area contributed by atoms with Crippen LogP contribution in [0, 0.1) is 0 Å². The number of hydrogen-bond acceptors (Lipinski definition) is 4. The minimum absolute atomic E-state index is 0.0172. The van der Waals surface area contributed by atoms with Gasteiger partial charge in [-0.1, -0.05) is 18.2 Å². The summed E-state index contributed by atoms with van der Waals surface area (Å²) in [5.74, 6) is 1.40. The number of ketones is 1. The van der Waals surface area contributed by atoms with E-state index in [0.29, 0.717) is 12.2 Å². The molecule has 1 aliphatic heterocycles. The van der Waals surface area contributed by atoms with Gasteiger partial charge in [0.2, 0.25) is 0 Å². The number of amides is 1. The van der Waals surface area contributed by atoms with Crippen LogP contribution in [0.15, 0.2) is 30.3 Å². The number of Topliss-reactive ketones (excluding diaryl/α,β-unsaturated/α-hetero) is 1. The number of ether oxygens (including phenoxy) is 1. The molecule has 0 N–H and O–H groups in total. The Bertz CT molecular complexity index is 435. The second kappa shape index (κ2) is 5.91. The van der Waals surface area contributed by atoms with Crippen molar-refractivity contribution in [1.82, 2.24) is 0 Å². The van der Waals surface area contributed by atoms with Crippen LogP contribution in [0.25, 0.3) is 0 Å². The summed E-state index contributed by atoms with van der Waals surface area (Å²) in [7, 11) is 1.64. The minimum Gasteiger partial charge on any atom is -0.437 e. The van der Waals surface area contributed by atoms with E-state index >= 15 is 0 Å². The SMILES string of the molecule is CN(C(=O)OC1CSCCC1=O)c1ccccc1. The molecule has 1 fully saturated rings. The van der Waals surface area contributed by atoms with Crippen molar-refractivity contribution in [3.8, 4) is 0 Å². The number of hydrogen-bond donors (Lipinski definition) is 0. The van der Waals surface area contributed by atoms with Crippen LogP contribution in [0.2, 0.25) is 0 Å². The summed E-state index contributed by atoms with van der Waals surface area (Å²) in [6.45, 7) is 0. The molecule has 4 nitrogen and oxygen atoms in total. The summed E-state index contributed by atoms with van der Waals surface area (Å²) in [5.41, 5.74) is 0.749. The highest BCUT2D eigenvalue weighted by Crippen LogP contribution is 2.19. The van der Waals surface area contributed by atoms with Gasteiger partial charge in [0.25, 0.3) is 0 Å². The van der Waals surface area contributed by atoms with Gasteiger partial charge in [0.1, 0.15) is 0 Å². The molecule has 5 heteroatoms. The molecule has 18 heavy (non-hydrogen) atoms. The Morgan fingerprint density at radius 2 is 2.11 bits per heavy atom. The van der Waals surface area contributed by atoms with E-state index in [1.54, 1.807) is 18.8 Å². The molecule has 0 spiro atoms. The molecule has 1 atom stereocenters. The Labute approximate surface area is 110 Å². The Kier molecular flexibility index (Phi) is 4.25. The monoisotopic (exact) mass is 265 g/mol. The third kappa shape index (κ3) is 3.04. The normalized spacial score (nSPS) is 19.4. The first kappa shape index (κ1) is 13.0. The Morgan fingerprint density at radius 3 is 2.78 bits per heavy atom. The Balaban J connectivity index is 1.97. The van der Waals surface area contributed by atoms with E-state index < -0.39 is 12.2 Å². The van der Waals surface area contributed by atoms with Crippen molar-refractivity contribution in [2.24, 2.45) is 0 Å². The predicted octanol–water partition coefficient (Wildman–Crippen LogP) is 2.33. The molecule has 2 rings (SSSR count). The fourth-order valence-electron chi connectivity index (χ4n) is 1.67. The number of carbonyl (C=O) groups excluding carboxylic acids is 2. The fourth-order valence-corrected chi connectivity index (χ4v) is 2.65. The molecule has 1 aliphatic rings. The molecule has 1 unspecified atom stereocenters. The third-order valence-corrected chi connectivity index (χ3v) is 3.81. The van der Waals surface area contributed by atoms with Gasteiger partial charge in [0.15, 0.2) is 11.9 Å². The van der Waals surface area contributed by atoms with Crippen LogP contribution in [-0.2, 0) is 9.53 Å². The first-order chi connectivity index (χ1) is 8.68. The third-order valence-electron chi connectivity index (χ3n) is 2.78. The van der Waals surface area contributed by atoms with Gasteiger partial charge in [-0.15, -0.1) is 0 Å². The van der Waals surface area contributed by atoms with Gasteiger partial charge in [-0.05, 0) is 12.1 Å². The lowest BCUT2D eigenvalue weighted by Crippen LogP contribution is -2.38. The molecule has 1 heterocycles. The number of anilines is 1. The number of benzene rings is 1. The van der Waals surface area contributed by atoms with E-state index in [1.165, 1.54) is 4.90 Å². The molecule has 0 bridgehead atoms. The van der Waals surface area contributed by atoms with E-state index in [2.05, 4.69) is 0 Å². The topological polar surface area (TPSA) is 46.6 Å². The maximum absolute atomic E-state index is 11.9. The second-order valence-electron chi connectivity index (χ2n) is 4.06. The molecule has 1 amide bonds. The smallest absolute Gasteiger partial charge is 0.414 e. The first-order valence-corrected chi connectivity index (χ1v) is 6.94. The zero-order valence-electron chi connectivity index (χ0n) is 10.2. The maximum Gasteiger partial charge on any atom is 0.414 e. The van der Waals surface area contributed by atoms with Crippen molar-refractivity contribution >= 4 is 29.3 Å². The van der Waals surface area contributed by atoms with E-state index in [1.807, 2.05) is 30.3 Å². The van der Waals surface area contributed by atoms with E-state index in [0.717, 1.165) is 11.4 Å². The van der Waals surface area contributed by atoms with Crippen LogP contribution >= 0.6 is 11.8 Å². The molecule has 1 saturated heterocycles. The summed E-state index contributed by atoms with van der Waals surface area (Å²) >= 11 is 1.64. The molecule has 1 aromatic carbocycles. The highest BCUT2D eigenvalue weighted by molar-refractivity contribution is 7.99. The van der Waals surface area contributed by atoms with Crippen LogP contribution in [0.4, 0.5) is 10.5 Å². The van der Waals surface area contributed by atoms with Gasteiger partial charge >= 0.3 is 6.09 Å². The van der Waals surface area contributed by atoms with E-state index in [-0.39, 0.29) is 5.78 Å². The quantitative estimate of drug-likeness (QED) is 0.823. The molecular formula is C13H15NO3S. The number of nitrogens with zero attached hydrogens (tertiary/aromatic N) is 1. The van der Waals surface area contributed by atoms with Crippen LogP contribution < -0.4 is 4.90 Å². The van der Waals surface area contributed by atoms with Gasteiger partial charge in [-0.25, -0.2) is 4.79 Å². The molecule has 0 aliphatic carbocycles. The summed E-state index contributed by atoms with van der Waals surface area (Å²) in [6.07, 6.45) is -0.595. The van der Waals surface area contributed by atoms with Crippen molar-refractivity contribution in [1.29, 1.82) is 0 Å². The van der Waals surface area contributed by atoms with Crippen LogP contribution in [0.3, 0.4) is 0 Å². The van der Waals surface area contributed by atoms with E-state index in [4.69, 9.17) is 4.74 Å². The number of para-hydroxylation sites is 1. The zero-order valence-corrected chi connectivity index (χ0v) is 11.0. The number of carbonyl (C=O) groups is 2. The predicted molar refractivity (Wildman–Crippen MR) is 72.1 cm³/mol. The highest BCUT2D eigenvalue weighted by atomic mass is 32.2. The van der Waals surface area contributed by atoms with Gasteiger partial charge < -0.3 is 4.74 Å². The Morgan fingerprint density at radius 1 is 1.39 bits per heavy atom. The fraction of sp³-hybridized carbons (Fsp3) is 0.385. The highest BCUT2D eigenvalue weighted by Gasteiger charge is 2.27. The van der Waals surface area contributed by atoms with Crippen molar-refractivity contribution in [2.75, 3.05) is 23.5 Å². The van der Waals surface area contributed by atoms with Crippen LogP contribution in [0.5, 0.6) is 0 Å². The van der Waals surface area contributed by atoms with Crippen LogP contribution in [0.1, 0.15) is 6.42 Å². The standard InChI is InChI=1S/C13H15NO3S/c1-14(10-5-3-2-4-6-10)13(16)17-12-9-18-8-7-11(12)15/h2-6,12H,7-9H2,1H3. The van der Waals surface area contributed by atoms with Crippen molar-refractivity contribution in [3.63, 3.8) is 0 Å². The second-order valence-corrected chi connectivity index (χ2v) is 5.21. The average Bonchev–Trinajstić information content (AvgIpc) is 2.41. The summed E-state index contributed by atoms with van der Waals surface area (Å²) in [4.78, 5) is 24.9. The molecule has 96 valence electrons. The van der Waals surface area contributed by atoms with Crippen molar-refractivity contribution < 1.29 is 14.3 Å². The lowest BCUT2D eigenvalue weighted by molar-refractivity contribution is -0.126. The largest absolute Gasteiger partial charge is 0.437 e. The average molecular weight is 265 g/mol. The van der Waals surface area contributed by atoms with Crippen molar-refractivity contribution in [3.05, 3.63) is 30.3 Å². The first-order valence-electron chi connectivity index (χ1n) is 5.78. The zero-order chi connectivity index (χ0) is 13.0. The lowest BCUT2D eigenvalue weighted by Gasteiger charge is -2.24. The minimum atomic E-state index is -0.595. The van der Waals surface area contributed by atoms with E-state index in [9.17, 15) is 9.59 Å². The molecular weight excluding hydrogens is 250 g/mol. The summed E-state index contributed by atoms with van der Waals surface area (Å²) in [6, 6.07) is 9.21. The number of thioether (sulfide) groups is 1. The van der Waals surface area contributed by atoms with Crippen LogP contribution in [-0.4, -0.2) is 36.5 Å².